The number of carbonyl (C=O) groups excluding carboxylic acids is 1. The molecule has 1 aliphatic carbocycles. The number of thiophene rings is 1. The van der Waals surface area contributed by atoms with Crippen LogP contribution >= 0.6 is 11.3 Å². The van der Waals surface area contributed by atoms with Gasteiger partial charge in [-0.3, -0.25) is 9.59 Å². The van der Waals surface area contributed by atoms with Gasteiger partial charge in [-0.2, -0.15) is 0 Å². The predicted octanol–water partition coefficient (Wildman–Crippen LogP) is 1.21. The molecule has 26 heavy (non-hydrogen) atoms. The van der Waals surface area contributed by atoms with Gasteiger partial charge in [0.2, 0.25) is 0 Å². The minimum Gasteiger partial charge on any atom is -0.351 e. The summed E-state index contributed by atoms with van der Waals surface area (Å²) in [4.78, 5) is 35.8. The molecule has 0 saturated carbocycles. The molecule has 0 bridgehead atoms. The number of nitrogens with one attached hydrogen (secondary N) is 3. The van der Waals surface area contributed by atoms with Gasteiger partial charge in [0.25, 0.3) is 11.5 Å². The Morgan fingerprint density at radius 2 is 2.23 bits per heavy atom. The molecule has 2 aromatic heterocycles. The number of hydrogen-bond donors (Lipinski definition) is 3. The van der Waals surface area contributed by atoms with Crippen LogP contribution < -0.4 is 15.8 Å². The summed E-state index contributed by atoms with van der Waals surface area (Å²) >= 11 is 1.67. The molecule has 0 spiro atoms. The fourth-order valence-electron chi connectivity index (χ4n) is 3.81. The summed E-state index contributed by atoms with van der Waals surface area (Å²) in [6.45, 7) is 10.1. The van der Waals surface area contributed by atoms with Crippen LogP contribution in [-0.4, -0.2) is 35.5 Å². The Hall–Kier alpha value is -1.73. The number of likely N-dealkylation sites (N-methyl/N-ethyl adjacent to an activating group) is 2. The van der Waals surface area contributed by atoms with E-state index in [2.05, 4.69) is 17.2 Å². The third-order valence-electron chi connectivity index (χ3n) is 5.42. The Kier molecular flexibility index (Phi) is 5.77. The molecule has 6 nitrogen and oxygen atoms in total. The minimum atomic E-state index is -0.0437. The minimum absolute atomic E-state index is 0.0280. The highest BCUT2D eigenvalue weighted by atomic mass is 32.1. The van der Waals surface area contributed by atoms with Crippen LogP contribution in [0.15, 0.2) is 4.79 Å². The van der Waals surface area contributed by atoms with Crippen molar-refractivity contribution in [3.05, 3.63) is 26.6 Å². The molecule has 7 heteroatoms. The van der Waals surface area contributed by atoms with Crippen molar-refractivity contribution in [1.82, 2.24) is 15.3 Å². The van der Waals surface area contributed by atoms with Gasteiger partial charge in [-0.05, 0) is 51.5 Å². The van der Waals surface area contributed by atoms with E-state index in [1.165, 1.54) is 10.4 Å². The molecule has 3 atom stereocenters. The molecule has 2 aromatic rings. The second-order valence-corrected chi connectivity index (χ2v) is 8.43. The van der Waals surface area contributed by atoms with E-state index < -0.39 is 0 Å². The molecule has 142 valence electrons. The Labute approximate surface area is 158 Å². The molecule has 0 aliphatic heterocycles. The molecule has 1 aliphatic rings. The first-order valence-electron chi connectivity index (χ1n) is 9.60. The van der Waals surface area contributed by atoms with Crippen molar-refractivity contribution in [2.45, 2.75) is 53.0 Å². The molecule has 2 heterocycles. The maximum absolute atomic E-state index is 12.8. The lowest BCUT2D eigenvalue weighted by Crippen LogP contribution is -3.13. The van der Waals surface area contributed by atoms with Crippen LogP contribution in [0.1, 0.15) is 56.4 Å². The van der Waals surface area contributed by atoms with Crippen molar-refractivity contribution < 1.29 is 9.69 Å². The second kappa shape index (κ2) is 7.88. The van der Waals surface area contributed by atoms with E-state index in [9.17, 15) is 9.59 Å². The quantitative estimate of drug-likeness (QED) is 0.708. The molecule has 0 radical (unpaired) electrons. The van der Waals surface area contributed by atoms with Crippen LogP contribution in [0.2, 0.25) is 0 Å². The van der Waals surface area contributed by atoms with Crippen molar-refractivity contribution in [2.24, 2.45) is 5.92 Å². The molecule has 0 fully saturated rings. The van der Waals surface area contributed by atoms with Crippen LogP contribution in [0.5, 0.6) is 0 Å². The van der Waals surface area contributed by atoms with Crippen molar-refractivity contribution in [2.75, 3.05) is 19.6 Å². The second-order valence-electron chi connectivity index (χ2n) is 7.35. The lowest BCUT2D eigenvalue weighted by atomic mass is 9.89. The van der Waals surface area contributed by atoms with Crippen molar-refractivity contribution in [3.63, 3.8) is 0 Å². The van der Waals surface area contributed by atoms with Gasteiger partial charge in [0.1, 0.15) is 10.9 Å². The number of rotatable bonds is 6. The molecule has 3 rings (SSSR count). The summed E-state index contributed by atoms with van der Waals surface area (Å²) in [5, 5.41) is 3.63. The number of nitrogens with zero attached hydrogens (tertiary/aromatic N) is 1. The zero-order valence-electron chi connectivity index (χ0n) is 16.1. The number of aromatic nitrogens is 2. The lowest BCUT2D eigenvalue weighted by Gasteiger charge is -2.23. The third-order valence-corrected chi connectivity index (χ3v) is 6.57. The van der Waals surface area contributed by atoms with E-state index in [4.69, 9.17) is 4.98 Å². The van der Waals surface area contributed by atoms with Gasteiger partial charge < -0.3 is 15.2 Å². The molecule has 1 unspecified atom stereocenters. The van der Waals surface area contributed by atoms with Crippen molar-refractivity contribution >= 4 is 27.5 Å². The molecule has 0 aromatic carbocycles. The molecular weight excluding hydrogens is 348 g/mol. The standard InChI is InChI=1S/C19H28N4O2S/c1-5-20-15(24)10-23(6-2)12(4)17-21-18(25)16-13-8-7-11(3)9-14(13)26-19(16)22-17/h11-12H,5-10H2,1-4H3,(H,20,24)(H,21,22,25)/p+1/t11-,12+/m1/s1. The number of amides is 1. The first-order valence-corrected chi connectivity index (χ1v) is 10.4. The lowest BCUT2D eigenvalue weighted by molar-refractivity contribution is -0.921. The number of fused-ring (bicyclic) bond motifs is 3. The van der Waals surface area contributed by atoms with Crippen LogP contribution in [0.25, 0.3) is 10.2 Å². The van der Waals surface area contributed by atoms with E-state index in [0.29, 0.717) is 24.8 Å². The third kappa shape index (κ3) is 3.69. The molecular formula is C19H29N4O2S+. The SMILES string of the molecule is CCNC(=O)C[NH+](CC)[C@@H](C)c1nc2sc3c(c2c(=O)[nH]1)CC[C@@H](C)C3. The average molecular weight is 378 g/mol. The van der Waals surface area contributed by atoms with Gasteiger partial charge in [0, 0.05) is 11.4 Å². The van der Waals surface area contributed by atoms with Gasteiger partial charge in [0.05, 0.1) is 11.9 Å². The summed E-state index contributed by atoms with van der Waals surface area (Å²) in [5.74, 6) is 1.38. The summed E-state index contributed by atoms with van der Waals surface area (Å²) in [5.41, 5.74) is 1.18. The maximum atomic E-state index is 12.8. The van der Waals surface area contributed by atoms with E-state index in [1.807, 2.05) is 20.8 Å². The summed E-state index contributed by atoms with van der Waals surface area (Å²) < 4.78 is 0. The summed E-state index contributed by atoms with van der Waals surface area (Å²) in [7, 11) is 0. The summed E-state index contributed by atoms with van der Waals surface area (Å²) in [6.07, 6.45) is 3.15. The highest BCUT2D eigenvalue weighted by molar-refractivity contribution is 7.18. The zero-order valence-corrected chi connectivity index (χ0v) is 16.9. The smallest absolute Gasteiger partial charge is 0.275 e. The van der Waals surface area contributed by atoms with Crippen molar-refractivity contribution in [1.29, 1.82) is 0 Å². The van der Waals surface area contributed by atoms with E-state index in [0.717, 1.165) is 40.9 Å². The van der Waals surface area contributed by atoms with Gasteiger partial charge in [-0.25, -0.2) is 4.98 Å². The first-order chi connectivity index (χ1) is 12.4. The van der Waals surface area contributed by atoms with Crippen LogP contribution in [-0.2, 0) is 17.6 Å². The predicted molar refractivity (Wildman–Crippen MR) is 105 cm³/mol. The largest absolute Gasteiger partial charge is 0.351 e. The van der Waals surface area contributed by atoms with E-state index in [1.54, 1.807) is 11.3 Å². The van der Waals surface area contributed by atoms with Crippen LogP contribution in [0, 0.1) is 5.92 Å². The number of aryl methyl sites for hydroxylation is 1. The zero-order chi connectivity index (χ0) is 18.8. The fourth-order valence-corrected chi connectivity index (χ4v) is 5.20. The van der Waals surface area contributed by atoms with Crippen LogP contribution in [0.3, 0.4) is 0 Å². The monoisotopic (exact) mass is 377 g/mol. The average Bonchev–Trinajstić information content (AvgIpc) is 2.96. The molecule has 1 amide bonds. The van der Waals surface area contributed by atoms with E-state index in [-0.39, 0.29) is 17.5 Å². The number of quaternary nitrogens is 1. The first kappa shape index (κ1) is 19.0. The normalized spacial score (nSPS) is 19.2. The Bertz CT molecular complexity index is 857. The maximum Gasteiger partial charge on any atom is 0.275 e. The van der Waals surface area contributed by atoms with E-state index >= 15 is 0 Å². The Morgan fingerprint density at radius 3 is 2.92 bits per heavy atom. The van der Waals surface area contributed by atoms with Gasteiger partial charge >= 0.3 is 0 Å². The highest BCUT2D eigenvalue weighted by Crippen LogP contribution is 2.35. The Morgan fingerprint density at radius 1 is 1.46 bits per heavy atom. The van der Waals surface area contributed by atoms with Crippen LogP contribution in [0.4, 0.5) is 0 Å². The number of H-pyrrole nitrogens is 1. The van der Waals surface area contributed by atoms with Gasteiger partial charge in [-0.15, -0.1) is 11.3 Å². The number of carbonyl (C=O) groups is 1. The van der Waals surface area contributed by atoms with Gasteiger partial charge in [0.15, 0.2) is 12.4 Å². The fraction of sp³-hybridized carbons (Fsp3) is 0.632. The van der Waals surface area contributed by atoms with Crippen molar-refractivity contribution in [3.8, 4) is 0 Å². The number of aromatic amines is 1. The van der Waals surface area contributed by atoms with Gasteiger partial charge in [-0.1, -0.05) is 6.92 Å². The Balaban J connectivity index is 1.92. The molecule has 0 saturated heterocycles. The molecule has 3 N–H and O–H groups in total. The number of hydrogen-bond acceptors (Lipinski definition) is 4. The highest BCUT2D eigenvalue weighted by Gasteiger charge is 2.27. The topological polar surface area (TPSA) is 79.3 Å². The summed E-state index contributed by atoms with van der Waals surface area (Å²) in [6, 6.07) is -0.0437.